The third-order valence-corrected chi connectivity index (χ3v) is 5.74. The number of hydrogen-bond acceptors (Lipinski definition) is 4. The quantitative estimate of drug-likeness (QED) is 0.917. The number of nitrogens with two attached hydrogens (primary N) is 1. The summed E-state index contributed by atoms with van der Waals surface area (Å²) in [6.07, 6.45) is 2.40. The molecule has 0 radical (unpaired) electrons. The van der Waals surface area contributed by atoms with E-state index in [1.54, 1.807) is 11.3 Å². The fourth-order valence-electron chi connectivity index (χ4n) is 2.65. The molecule has 1 aliphatic heterocycles. The molecule has 3 atom stereocenters. The van der Waals surface area contributed by atoms with E-state index in [9.17, 15) is 0 Å². The summed E-state index contributed by atoms with van der Waals surface area (Å²) >= 11 is 1.80. The highest BCUT2D eigenvalue weighted by Gasteiger charge is 2.26. The molecule has 0 amide bonds. The summed E-state index contributed by atoms with van der Waals surface area (Å²) < 4.78 is 0. The maximum absolute atomic E-state index is 5.89. The van der Waals surface area contributed by atoms with E-state index in [0.717, 1.165) is 31.3 Å². The number of piperidine rings is 1. The van der Waals surface area contributed by atoms with Gasteiger partial charge in [0.25, 0.3) is 0 Å². The van der Waals surface area contributed by atoms with Gasteiger partial charge in [0.05, 0.1) is 5.69 Å². The Morgan fingerprint density at radius 3 is 2.74 bits per heavy atom. The Morgan fingerprint density at radius 1 is 1.42 bits per heavy atom. The second-order valence-electron chi connectivity index (χ2n) is 6.01. The van der Waals surface area contributed by atoms with Crippen LogP contribution < -0.4 is 10.6 Å². The van der Waals surface area contributed by atoms with E-state index in [1.165, 1.54) is 22.1 Å². The summed E-state index contributed by atoms with van der Waals surface area (Å²) in [7, 11) is 0. The van der Waals surface area contributed by atoms with E-state index in [1.807, 2.05) is 0 Å². The van der Waals surface area contributed by atoms with Gasteiger partial charge >= 0.3 is 0 Å². The molecule has 1 aliphatic rings. The van der Waals surface area contributed by atoms with Gasteiger partial charge in [-0.3, -0.25) is 0 Å². The van der Waals surface area contributed by atoms with Crippen LogP contribution in [0.4, 0.5) is 5.13 Å². The highest BCUT2D eigenvalue weighted by molar-refractivity contribution is 7.15. The van der Waals surface area contributed by atoms with Crippen LogP contribution in [0.2, 0.25) is 0 Å². The molecule has 1 aromatic rings. The number of aromatic nitrogens is 1. The molecule has 1 fully saturated rings. The first-order valence-corrected chi connectivity index (χ1v) is 8.33. The predicted octanol–water partition coefficient (Wildman–Crippen LogP) is 3.60. The lowest BCUT2D eigenvalue weighted by Crippen LogP contribution is -2.38. The van der Waals surface area contributed by atoms with Crippen LogP contribution in [0.5, 0.6) is 0 Å². The molecule has 3 unspecified atom stereocenters. The second kappa shape index (κ2) is 6.23. The molecule has 1 aromatic heterocycles. The van der Waals surface area contributed by atoms with Gasteiger partial charge in [-0.2, -0.15) is 0 Å². The third kappa shape index (κ3) is 3.11. The van der Waals surface area contributed by atoms with Crippen molar-refractivity contribution >= 4 is 16.5 Å². The number of rotatable bonds is 4. The molecule has 0 saturated carbocycles. The van der Waals surface area contributed by atoms with Crippen LogP contribution in [-0.4, -0.2) is 18.1 Å². The van der Waals surface area contributed by atoms with Crippen molar-refractivity contribution in [3.8, 4) is 0 Å². The van der Waals surface area contributed by atoms with E-state index in [-0.39, 0.29) is 0 Å². The molecule has 1 saturated heterocycles. The van der Waals surface area contributed by atoms with E-state index in [4.69, 9.17) is 10.7 Å². The minimum Gasteiger partial charge on any atom is -0.348 e. The minimum atomic E-state index is 0.518. The highest BCUT2D eigenvalue weighted by Crippen LogP contribution is 2.34. The highest BCUT2D eigenvalue weighted by atomic mass is 32.1. The van der Waals surface area contributed by atoms with Gasteiger partial charge in [-0.15, -0.1) is 11.3 Å². The largest absolute Gasteiger partial charge is 0.348 e. The number of nitrogens with zero attached hydrogens (tertiary/aromatic N) is 2. The average Bonchev–Trinajstić information content (AvgIpc) is 2.85. The van der Waals surface area contributed by atoms with Gasteiger partial charge in [-0.05, 0) is 30.6 Å². The molecule has 3 nitrogen and oxygen atoms in total. The fraction of sp³-hybridized carbons (Fsp3) is 0.800. The van der Waals surface area contributed by atoms with Gasteiger partial charge in [0, 0.05) is 24.5 Å². The Morgan fingerprint density at radius 2 is 2.16 bits per heavy atom. The normalized spacial score (nSPS) is 25.6. The summed E-state index contributed by atoms with van der Waals surface area (Å²) in [4.78, 5) is 8.63. The zero-order chi connectivity index (χ0) is 14.0. The fourth-order valence-corrected chi connectivity index (χ4v) is 3.74. The Kier molecular flexibility index (Phi) is 4.85. The van der Waals surface area contributed by atoms with Crippen LogP contribution in [0.3, 0.4) is 0 Å². The number of thiazole rings is 1. The molecule has 2 N–H and O–H groups in total. The SMILES string of the molecule is CCC(C)c1nc(N2CCC(C)C(C)C2)sc1CN. The van der Waals surface area contributed by atoms with Crippen molar-refractivity contribution in [3.05, 3.63) is 10.6 Å². The first kappa shape index (κ1) is 14.8. The van der Waals surface area contributed by atoms with Gasteiger partial charge in [-0.25, -0.2) is 4.98 Å². The van der Waals surface area contributed by atoms with Crippen molar-refractivity contribution in [2.75, 3.05) is 18.0 Å². The van der Waals surface area contributed by atoms with Gasteiger partial charge in [0.1, 0.15) is 0 Å². The molecule has 0 aromatic carbocycles. The van der Waals surface area contributed by atoms with Crippen molar-refractivity contribution in [3.63, 3.8) is 0 Å². The molecule has 2 rings (SSSR count). The Balaban J connectivity index is 2.19. The molecule has 2 heterocycles. The smallest absolute Gasteiger partial charge is 0.185 e. The lowest BCUT2D eigenvalue weighted by Gasteiger charge is -2.35. The van der Waals surface area contributed by atoms with Crippen LogP contribution in [0.25, 0.3) is 0 Å². The molecule has 0 spiro atoms. The average molecular weight is 281 g/mol. The van der Waals surface area contributed by atoms with Crippen molar-refractivity contribution < 1.29 is 0 Å². The van der Waals surface area contributed by atoms with Crippen molar-refractivity contribution in [1.29, 1.82) is 0 Å². The summed E-state index contributed by atoms with van der Waals surface area (Å²) in [5, 5.41) is 1.19. The Bertz CT molecular complexity index is 416. The Labute approximate surface area is 121 Å². The zero-order valence-electron chi connectivity index (χ0n) is 12.6. The lowest BCUT2D eigenvalue weighted by atomic mass is 9.89. The second-order valence-corrected chi connectivity index (χ2v) is 7.07. The molecule has 4 heteroatoms. The van der Waals surface area contributed by atoms with Gasteiger partial charge in [0.15, 0.2) is 5.13 Å². The van der Waals surface area contributed by atoms with E-state index in [2.05, 4.69) is 32.6 Å². The topological polar surface area (TPSA) is 42.2 Å². The maximum Gasteiger partial charge on any atom is 0.185 e. The van der Waals surface area contributed by atoms with Crippen molar-refractivity contribution in [1.82, 2.24) is 4.98 Å². The van der Waals surface area contributed by atoms with Gasteiger partial charge < -0.3 is 10.6 Å². The van der Waals surface area contributed by atoms with E-state index in [0.29, 0.717) is 12.5 Å². The molecule has 108 valence electrons. The first-order chi connectivity index (χ1) is 9.06. The van der Waals surface area contributed by atoms with Crippen LogP contribution in [0, 0.1) is 11.8 Å². The third-order valence-electron chi connectivity index (χ3n) is 4.59. The molecule has 0 aliphatic carbocycles. The number of anilines is 1. The lowest BCUT2D eigenvalue weighted by molar-refractivity contribution is 0.323. The molecular weight excluding hydrogens is 254 g/mol. The van der Waals surface area contributed by atoms with Gasteiger partial charge in [-0.1, -0.05) is 27.7 Å². The molecule has 0 bridgehead atoms. The van der Waals surface area contributed by atoms with E-state index < -0.39 is 0 Å². The van der Waals surface area contributed by atoms with E-state index >= 15 is 0 Å². The zero-order valence-corrected chi connectivity index (χ0v) is 13.5. The maximum atomic E-state index is 5.89. The van der Waals surface area contributed by atoms with Crippen LogP contribution in [0.1, 0.15) is 57.0 Å². The summed E-state index contributed by atoms with van der Waals surface area (Å²) in [6.45, 7) is 12.1. The van der Waals surface area contributed by atoms with Crippen LogP contribution >= 0.6 is 11.3 Å². The molecular formula is C15H27N3S. The summed E-state index contributed by atoms with van der Waals surface area (Å²) in [6, 6.07) is 0. The standard InChI is InChI=1S/C15H27N3S/c1-5-10(2)14-13(8-16)19-15(17-14)18-7-6-11(3)12(4)9-18/h10-12H,5-9,16H2,1-4H3. The minimum absolute atomic E-state index is 0.518. The van der Waals surface area contributed by atoms with Crippen LogP contribution in [0.15, 0.2) is 0 Å². The van der Waals surface area contributed by atoms with Gasteiger partial charge in [0.2, 0.25) is 0 Å². The van der Waals surface area contributed by atoms with Crippen LogP contribution in [-0.2, 0) is 6.54 Å². The van der Waals surface area contributed by atoms with Crippen molar-refractivity contribution in [2.24, 2.45) is 17.6 Å². The Hall–Kier alpha value is -0.610. The summed E-state index contributed by atoms with van der Waals surface area (Å²) in [5.74, 6) is 2.11. The predicted molar refractivity (Wildman–Crippen MR) is 83.9 cm³/mol. The molecule has 19 heavy (non-hydrogen) atoms. The summed E-state index contributed by atoms with van der Waals surface area (Å²) in [5.41, 5.74) is 7.12. The first-order valence-electron chi connectivity index (χ1n) is 7.51. The number of hydrogen-bond donors (Lipinski definition) is 1. The monoisotopic (exact) mass is 281 g/mol. The van der Waals surface area contributed by atoms with Crippen molar-refractivity contribution in [2.45, 2.75) is 53.0 Å².